The number of benzene rings is 1. The van der Waals surface area contributed by atoms with Gasteiger partial charge in [0.1, 0.15) is 0 Å². The number of carbonyl (C=O) groups excluding carboxylic acids is 1. The number of para-hydroxylation sites is 1. The number of sulfone groups is 1. The van der Waals surface area contributed by atoms with Crippen LogP contribution < -0.4 is 4.90 Å². The van der Waals surface area contributed by atoms with E-state index in [4.69, 9.17) is 0 Å². The van der Waals surface area contributed by atoms with Crippen LogP contribution in [-0.4, -0.2) is 42.3 Å². The van der Waals surface area contributed by atoms with Crippen LogP contribution in [0.25, 0.3) is 0 Å². The van der Waals surface area contributed by atoms with E-state index in [0.717, 1.165) is 11.3 Å². The Morgan fingerprint density at radius 1 is 1.23 bits per heavy atom. The first kappa shape index (κ1) is 19.4. The minimum Gasteiger partial charge on any atom is -0.315 e. The van der Waals surface area contributed by atoms with E-state index in [1.807, 2.05) is 43.9 Å². The summed E-state index contributed by atoms with van der Waals surface area (Å²) in [5, 5.41) is 0.551. The maximum absolute atomic E-state index is 12.5. The number of rotatable bonds is 2. The van der Waals surface area contributed by atoms with Crippen molar-refractivity contribution in [2.45, 2.75) is 51.8 Å². The van der Waals surface area contributed by atoms with Gasteiger partial charge in [-0.05, 0) is 17.5 Å². The van der Waals surface area contributed by atoms with Crippen molar-refractivity contribution in [1.29, 1.82) is 0 Å². The van der Waals surface area contributed by atoms with Crippen molar-refractivity contribution in [1.82, 2.24) is 0 Å². The molecule has 0 bridgehead atoms. The molecule has 0 unspecified atom stereocenters. The fourth-order valence-electron chi connectivity index (χ4n) is 3.30. The quantitative estimate of drug-likeness (QED) is 0.768. The predicted molar refractivity (Wildman–Crippen MR) is 109 cm³/mol. The summed E-state index contributed by atoms with van der Waals surface area (Å²) in [5.74, 6) is 0.355. The molecule has 7 heteroatoms. The van der Waals surface area contributed by atoms with Crippen LogP contribution in [0.2, 0.25) is 0 Å². The molecule has 142 valence electrons. The molecule has 2 atom stereocenters. The van der Waals surface area contributed by atoms with Crippen LogP contribution >= 0.6 is 11.8 Å². The molecular formula is C19H26N2O3S2. The Bertz CT molecular complexity index is 854. The molecule has 0 spiro atoms. The Kier molecular flexibility index (Phi) is 4.99. The van der Waals surface area contributed by atoms with Gasteiger partial charge in [0.05, 0.1) is 17.5 Å². The molecule has 1 amide bonds. The molecule has 2 aliphatic heterocycles. The first-order valence-electron chi connectivity index (χ1n) is 8.88. The fourth-order valence-corrected chi connectivity index (χ4v) is 7.20. The highest BCUT2D eigenvalue weighted by Gasteiger charge is 2.50. The number of hydrogen-bond donors (Lipinski definition) is 0. The number of carbonyl (C=O) groups is 1. The van der Waals surface area contributed by atoms with Crippen LogP contribution in [0.15, 0.2) is 29.3 Å². The molecule has 3 rings (SSSR count). The van der Waals surface area contributed by atoms with E-state index in [1.54, 1.807) is 0 Å². The standard InChI is InChI=1S/C19H26N2O3S2/c1-12(2)13-8-6-7-9-14(13)21-15-10-26(23,24)11-16(15)25-18(21)20-17(22)19(3,4)5/h6-9,12,15-16H,10-11H2,1-5H3/t15-,16-/m0/s1. The molecule has 2 heterocycles. The predicted octanol–water partition coefficient (Wildman–Crippen LogP) is 3.46. The number of hydrogen-bond acceptors (Lipinski definition) is 4. The highest BCUT2D eigenvalue weighted by atomic mass is 32.2. The lowest BCUT2D eigenvalue weighted by Crippen LogP contribution is -2.38. The number of thioether (sulfide) groups is 1. The minimum absolute atomic E-state index is 0.0771. The van der Waals surface area contributed by atoms with Gasteiger partial charge in [-0.1, -0.05) is 64.6 Å². The van der Waals surface area contributed by atoms with E-state index in [-0.39, 0.29) is 34.6 Å². The van der Waals surface area contributed by atoms with Crippen LogP contribution in [0.5, 0.6) is 0 Å². The highest BCUT2D eigenvalue weighted by molar-refractivity contribution is 8.16. The average molecular weight is 395 g/mol. The van der Waals surface area contributed by atoms with E-state index in [1.165, 1.54) is 11.8 Å². The molecule has 0 aliphatic carbocycles. The van der Waals surface area contributed by atoms with Crippen LogP contribution in [-0.2, 0) is 14.6 Å². The Balaban J connectivity index is 2.10. The number of amides is 1. The van der Waals surface area contributed by atoms with Crippen molar-refractivity contribution < 1.29 is 13.2 Å². The lowest BCUT2D eigenvalue weighted by atomic mass is 9.96. The maximum Gasteiger partial charge on any atom is 0.253 e. The second kappa shape index (κ2) is 6.68. The van der Waals surface area contributed by atoms with E-state index >= 15 is 0 Å². The summed E-state index contributed by atoms with van der Waals surface area (Å²) in [6.07, 6.45) is 0. The molecule has 5 nitrogen and oxygen atoms in total. The summed E-state index contributed by atoms with van der Waals surface area (Å²) in [7, 11) is -3.06. The normalized spacial score (nSPS) is 26.5. The highest BCUT2D eigenvalue weighted by Crippen LogP contribution is 2.43. The van der Waals surface area contributed by atoms with Crippen molar-refractivity contribution in [3.8, 4) is 0 Å². The zero-order valence-electron chi connectivity index (χ0n) is 15.9. The Morgan fingerprint density at radius 2 is 1.88 bits per heavy atom. The topological polar surface area (TPSA) is 66.8 Å². The van der Waals surface area contributed by atoms with Gasteiger partial charge in [0, 0.05) is 16.4 Å². The smallest absolute Gasteiger partial charge is 0.253 e. The van der Waals surface area contributed by atoms with Gasteiger partial charge in [-0.15, -0.1) is 0 Å². The molecule has 1 aromatic carbocycles. The van der Waals surface area contributed by atoms with Crippen LogP contribution in [0.1, 0.15) is 46.1 Å². The third kappa shape index (κ3) is 3.69. The number of aliphatic imine (C=N–C) groups is 1. The van der Waals surface area contributed by atoms with Gasteiger partial charge in [0.25, 0.3) is 5.91 Å². The Hall–Kier alpha value is -1.34. The number of amidine groups is 1. The van der Waals surface area contributed by atoms with Gasteiger partial charge < -0.3 is 4.90 Å². The summed E-state index contributed by atoms with van der Waals surface area (Å²) in [5.41, 5.74) is 1.52. The van der Waals surface area contributed by atoms with Gasteiger partial charge in [-0.3, -0.25) is 4.79 Å². The summed E-state index contributed by atoms with van der Waals surface area (Å²) >= 11 is 1.43. The van der Waals surface area contributed by atoms with Gasteiger partial charge in [-0.25, -0.2) is 8.42 Å². The maximum atomic E-state index is 12.5. The fraction of sp³-hybridized carbons (Fsp3) is 0.579. The van der Waals surface area contributed by atoms with Crippen molar-refractivity contribution in [2.75, 3.05) is 16.4 Å². The second-order valence-corrected chi connectivity index (χ2v) is 11.7. The van der Waals surface area contributed by atoms with Crippen LogP contribution in [0, 0.1) is 5.41 Å². The Morgan fingerprint density at radius 3 is 2.50 bits per heavy atom. The van der Waals surface area contributed by atoms with Gasteiger partial charge in [0.15, 0.2) is 15.0 Å². The summed E-state index contributed by atoms with van der Waals surface area (Å²) < 4.78 is 24.4. The molecule has 2 fully saturated rings. The van der Waals surface area contributed by atoms with Crippen molar-refractivity contribution in [3.63, 3.8) is 0 Å². The monoisotopic (exact) mass is 394 g/mol. The summed E-state index contributed by atoms with van der Waals surface area (Å²) in [4.78, 5) is 18.9. The third-order valence-electron chi connectivity index (χ3n) is 4.72. The first-order chi connectivity index (χ1) is 12.0. The van der Waals surface area contributed by atoms with E-state index in [9.17, 15) is 13.2 Å². The van der Waals surface area contributed by atoms with E-state index in [2.05, 4.69) is 24.9 Å². The van der Waals surface area contributed by atoms with Crippen LogP contribution in [0.3, 0.4) is 0 Å². The molecule has 0 N–H and O–H groups in total. The third-order valence-corrected chi connectivity index (χ3v) is 7.93. The lowest BCUT2D eigenvalue weighted by molar-refractivity contribution is -0.124. The van der Waals surface area contributed by atoms with E-state index in [0.29, 0.717) is 5.17 Å². The molecule has 2 aliphatic rings. The molecule has 1 aromatic rings. The van der Waals surface area contributed by atoms with Crippen LogP contribution in [0.4, 0.5) is 5.69 Å². The lowest BCUT2D eigenvalue weighted by Gasteiger charge is -2.28. The molecule has 0 radical (unpaired) electrons. The molecule has 26 heavy (non-hydrogen) atoms. The zero-order chi connectivity index (χ0) is 19.3. The molecule has 2 saturated heterocycles. The minimum atomic E-state index is -3.06. The molecule has 0 aromatic heterocycles. The van der Waals surface area contributed by atoms with Crippen molar-refractivity contribution in [3.05, 3.63) is 29.8 Å². The number of anilines is 1. The van der Waals surface area contributed by atoms with E-state index < -0.39 is 15.3 Å². The van der Waals surface area contributed by atoms with Gasteiger partial charge in [0.2, 0.25) is 0 Å². The summed E-state index contributed by atoms with van der Waals surface area (Å²) in [6.45, 7) is 9.76. The average Bonchev–Trinajstić information content (AvgIpc) is 2.97. The zero-order valence-corrected chi connectivity index (χ0v) is 17.5. The number of fused-ring (bicyclic) bond motifs is 1. The summed E-state index contributed by atoms with van der Waals surface area (Å²) in [6, 6.07) is 7.83. The largest absolute Gasteiger partial charge is 0.315 e. The SMILES string of the molecule is CC(C)c1ccccc1N1C(=NC(=O)C(C)(C)C)S[C@H]2CS(=O)(=O)C[C@@H]21. The van der Waals surface area contributed by atoms with Crippen molar-refractivity contribution in [2.24, 2.45) is 10.4 Å². The first-order valence-corrected chi connectivity index (χ1v) is 11.6. The number of nitrogens with zero attached hydrogens (tertiary/aromatic N) is 2. The van der Waals surface area contributed by atoms with Gasteiger partial charge in [-0.2, -0.15) is 4.99 Å². The van der Waals surface area contributed by atoms with Crippen molar-refractivity contribution >= 4 is 38.4 Å². The second-order valence-electron chi connectivity index (χ2n) is 8.33. The Labute approximate surface area is 160 Å². The van der Waals surface area contributed by atoms with Gasteiger partial charge >= 0.3 is 0 Å². The molecular weight excluding hydrogens is 368 g/mol. The molecule has 0 saturated carbocycles.